The van der Waals surface area contributed by atoms with E-state index < -0.39 is 23.8 Å². The van der Waals surface area contributed by atoms with Crippen LogP contribution >= 0.6 is 0 Å². The molecule has 0 saturated heterocycles. The first-order valence-corrected chi connectivity index (χ1v) is 12.0. The van der Waals surface area contributed by atoms with Crippen molar-refractivity contribution in [2.45, 2.75) is 64.7 Å². The molecule has 190 valence electrons. The van der Waals surface area contributed by atoms with Crippen LogP contribution in [0.4, 0.5) is 9.59 Å². The zero-order chi connectivity index (χ0) is 25.5. The second-order valence-electron chi connectivity index (χ2n) is 9.21. The molecule has 2 rings (SSSR count). The molecule has 0 aliphatic carbocycles. The molecule has 0 radical (unpaired) electrons. The van der Waals surface area contributed by atoms with E-state index in [0.717, 1.165) is 11.1 Å². The summed E-state index contributed by atoms with van der Waals surface area (Å²) in [6, 6.07) is 18.6. The Balaban J connectivity index is 1.74. The smallest absolute Gasteiger partial charge is 0.408 e. The van der Waals surface area contributed by atoms with Gasteiger partial charge in [-0.2, -0.15) is 0 Å². The van der Waals surface area contributed by atoms with E-state index in [1.807, 2.05) is 60.7 Å². The summed E-state index contributed by atoms with van der Waals surface area (Å²) in [7, 11) is 0. The van der Waals surface area contributed by atoms with Crippen LogP contribution in [0, 0.1) is 0 Å². The van der Waals surface area contributed by atoms with Crippen molar-refractivity contribution < 1.29 is 23.9 Å². The Bertz CT molecular complexity index is 913. The highest BCUT2D eigenvalue weighted by atomic mass is 16.6. The average molecular weight is 484 g/mol. The lowest BCUT2D eigenvalue weighted by Crippen LogP contribution is -2.48. The van der Waals surface area contributed by atoms with Gasteiger partial charge in [0.1, 0.15) is 18.2 Å². The van der Waals surface area contributed by atoms with Gasteiger partial charge in [-0.15, -0.1) is 0 Å². The van der Waals surface area contributed by atoms with Crippen LogP contribution in [-0.2, 0) is 27.3 Å². The van der Waals surface area contributed by atoms with Crippen LogP contribution in [-0.4, -0.2) is 42.8 Å². The largest absolute Gasteiger partial charge is 0.445 e. The average Bonchev–Trinajstić information content (AvgIpc) is 2.82. The van der Waals surface area contributed by atoms with Crippen molar-refractivity contribution in [2.24, 2.45) is 0 Å². The zero-order valence-electron chi connectivity index (χ0n) is 20.8. The third kappa shape index (κ3) is 12.5. The number of carbonyl (C=O) groups is 3. The molecule has 2 aromatic carbocycles. The predicted molar refractivity (Wildman–Crippen MR) is 135 cm³/mol. The molecule has 0 aliphatic heterocycles. The first-order valence-electron chi connectivity index (χ1n) is 12.0. The van der Waals surface area contributed by atoms with Gasteiger partial charge in [-0.3, -0.25) is 4.79 Å². The fourth-order valence-electron chi connectivity index (χ4n) is 3.25. The monoisotopic (exact) mass is 483 g/mol. The molecule has 0 saturated carbocycles. The minimum absolute atomic E-state index is 0.206. The van der Waals surface area contributed by atoms with E-state index in [1.54, 1.807) is 20.8 Å². The summed E-state index contributed by atoms with van der Waals surface area (Å²) < 4.78 is 10.5. The van der Waals surface area contributed by atoms with E-state index in [2.05, 4.69) is 16.0 Å². The second kappa shape index (κ2) is 14.7. The van der Waals surface area contributed by atoms with E-state index in [0.29, 0.717) is 38.8 Å². The van der Waals surface area contributed by atoms with E-state index in [9.17, 15) is 14.4 Å². The van der Waals surface area contributed by atoms with E-state index in [4.69, 9.17) is 9.47 Å². The van der Waals surface area contributed by atoms with Gasteiger partial charge in [0.25, 0.3) is 0 Å². The van der Waals surface area contributed by atoms with Crippen molar-refractivity contribution in [2.75, 3.05) is 13.1 Å². The lowest BCUT2D eigenvalue weighted by molar-refractivity contribution is -0.123. The third-order valence-corrected chi connectivity index (χ3v) is 4.96. The van der Waals surface area contributed by atoms with Crippen LogP contribution in [0.5, 0.6) is 0 Å². The van der Waals surface area contributed by atoms with Gasteiger partial charge in [0.2, 0.25) is 5.91 Å². The summed E-state index contributed by atoms with van der Waals surface area (Å²) >= 11 is 0. The van der Waals surface area contributed by atoms with Crippen LogP contribution < -0.4 is 16.0 Å². The number of benzene rings is 2. The van der Waals surface area contributed by atoms with E-state index in [1.165, 1.54) is 0 Å². The molecule has 0 aliphatic rings. The number of hydrogen-bond donors (Lipinski definition) is 3. The first kappa shape index (κ1) is 27.7. The summed E-state index contributed by atoms with van der Waals surface area (Å²) in [5, 5.41) is 8.27. The number of rotatable bonds is 12. The molecule has 8 nitrogen and oxygen atoms in total. The van der Waals surface area contributed by atoms with Gasteiger partial charge < -0.3 is 25.4 Å². The fraction of sp³-hybridized carbons (Fsp3) is 0.444. The minimum atomic E-state index is -0.731. The van der Waals surface area contributed by atoms with Crippen molar-refractivity contribution in [1.29, 1.82) is 0 Å². The molecule has 0 bridgehead atoms. The summed E-state index contributed by atoms with van der Waals surface area (Å²) in [6.07, 6.45) is 1.23. The summed E-state index contributed by atoms with van der Waals surface area (Å²) in [6.45, 7) is 6.38. The SMILES string of the molecule is CC(C)(C)OC(=O)N[C@H](CCCCNC(=O)OCc1ccccc1)C(=O)NCCc1ccccc1. The number of carbonyl (C=O) groups excluding carboxylic acids is 3. The highest BCUT2D eigenvalue weighted by molar-refractivity contribution is 5.85. The molecule has 0 heterocycles. The Labute approximate surface area is 207 Å². The Hall–Kier alpha value is -3.55. The minimum Gasteiger partial charge on any atom is -0.445 e. The van der Waals surface area contributed by atoms with Gasteiger partial charge in [-0.25, -0.2) is 9.59 Å². The molecular weight excluding hydrogens is 446 g/mol. The van der Waals surface area contributed by atoms with E-state index in [-0.39, 0.29) is 12.5 Å². The van der Waals surface area contributed by atoms with Crippen molar-refractivity contribution in [3.8, 4) is 0 Å². The molecule has 2 aromatic rings. The molecule has 0 aromatic heterocycles. The quantitative estimate of drug-likeness (QED) is 0.390. The summed E-state index contributed by atoms with van der Waals surface area (Å²) in [4.78, 5) is 36.9. The van der Waals surface area contributed by atoms with Crippen molar-refractivity contribution in [1.82, 2.24) is 16.0 Å². The maximum absolute atomic E-state index is 12.8. The highest BCUT2D eigenvalue weighted by Gasteiger charge is 2.24. The number of nitrogens with one attached hydrogen (secondary N) is 3. The molecule has 3 amide bonds. The standard InChI is InChI=1S/C27H37N3O5/c1-27(2,3)35-26(33)30-23(24(31)28-19-17-21-12-6-4-7-13-21)16-10-11-18-29-25(32)34-20-22-14-8-5-9-15-22/h4-9,12-15,23H,10-11,16-20H2,1-3H3,(H,28,31)(H,29,32)(H,30,33)/t23-/m1/s1. The molecule has 3 N–H and O–H groups in total. The Morgan fingerprint density at radius 3 is 2.06 bits per heavy atom. The van der Waals surface area contributed by atoms with Gasteiger partial charge in [0, 0.05) is 13.1 Å². The van der Waals surface area contributed by atoms with Crippen molar-refractivity contribution in [3.05, 3.63) is 71.8 Å². The molecule has 35 heavy (non-hydrogen) atoms. The first-order chi connectivity index (χ1) is 16.7. The maximum atomic E-state index is 12.8. The van der Waals surface area contributed by atoms with Gasteiger partial charge in [0.15, 0.2) is 0 Å². The van der Waals surface area contributed by atoms with Crippen molar-refractivity contribution in [3.63, 3.8) is 0 Å². The van der Waals surface area contributed by atoms with Crippen LogP contribution in [0.2, 0.25) is 0 Å². The number of ether oxygens (including phenoxy) is 2. The molecule has 8 heteroatoms. The number of hydrogen-bond acceptors (Lipinski definition) is 5. The zero-order valence-corrected chi connectivity index (χ0v) is 20.8. The maximum Gasteiger partial charge on any atom is 0.408 e. The Morgan fingerprint density at radius 1 is 0.800 bits per heavy atom. The second-order valence-corrected chi connectivity index (χ2v) is 9.21. The normalized spacial score (nSPS) is 11.7. The molecule has 0 fully saturated rings. The van der Waals surface area contributed by atoms with Gasteiger partial charge in [0.05, 0.1) is 0 Å². The number of unbranched alkanes of at least 4 members (excludes halogenated alkanes) is 1. The van der Waals surface area contributed by atoms with Gasteiger partial charge in [-0.05, 0) is 57.6 Å². The van der Waals surface area contributed by atoms with E-state index >= 15 is 0 Å². The third-order valence-electron chi connectivity index (χ3n) is 4.96. The predicted octanol–water partition coefficient (Wildman–Crippen LogP) is 4.34. The molecule has 0 unspecified atom stereocenters. The molecule has 0 spiro atoms. The Morgan fingerprint density at radius 2 is 1.43 bits per heavy atom. The molecular formula is C27H37N3O5. The van der Waals surface area contributed by atoms with Gasteiger partial charge >= 0.3 is 12.2 Å². The van der Waals surface area contributed by atoms with Crippen LogP contribution in [0.25, 0.3) is 0 Å². The van der Waals surface area contributed by atoms with Gasteiger partial charge in [-0.1, -0.05) is 60.7 Å². The van der Waals surface area contributed by atoms with Crippen molar-refractivity contribution >= 4 is 18.1 Å². The highest BCUT2D eigenvalue weighted by Crippen LogP contribution is 2.09. The fourth-order valence-corrected chi connectivity index (χ4v) is 3.25. The van der Waals surface area contributed by atoms with Crippen LogP contribution in [0.15, 0.2) is 60.7 Å². The molecule has 1 atom stereocenters. The summed E-state index contributed by atoms with van der Waals surface area (Å²) in [5.41, 5.74) is 1.37. The van der Waals surface area contributed by atoms with Crippen LogP contribution in [0.3, 0.4) is 0 Å². The number of amides is 3. The Kier molecular flexibility index (Phi) is 11.6. The lowest BCUT2D eigenvalue weighted by Gasteiger charge is -2.23. The topological polar surface area (TPSA) is 106 Å². The summed E-state index contributed by atoms with van der Waals surface area (Å²) in [5.74, 6) is -0.262. The number of alkyl carbamates (subject to hydrolysis) is 2. The van der Waals surface area contributed by atoms with Crippen LogP contribution in [0.1, 0.15) is 51.2 Å². The lowest BCUT2D eigenvalue weighted by atomic mass is 10.1.